The molecule has 0 aliphatic carbocycles. The highest BCUT2D eigenvalue weighted by Gasteiger charge is 2.30. The molecule has 0 bridgehead atoms. The largest absolute Gasteiger partial charge is 0.496 e. The van der Waals surface area contributed by atoms with Gasteiger partial charge in [0.2, 0.25) is 17.6 Å². The minimum Gasteiger partial charge on any atom is -0.496 e. The first-order valence-corrected chi connectivity index (χ1v) is 22.2. The lowest BCUT2D eigenvalue weighted by atomic mass is 9.90. The average molecular weight is 910 g/mol. The Morgan fingerprint density at radius 2 is 1.35 bits per heavy atom. The number of hydrogen-bond donors (Lipinski definition) is 3. The number of ether oxygens (including phenoxy) is 5. The average Bonchev–Trinajstić information content (AvgIpc) is 3.86. The lowest BCUT2D eigenvalue weighted by Crippen LogP contribution is -2.28. The predicted octanol–water partition coefficient (Wildman–Crippen LogP) is 10.1. The van der Waals surface area contributed by atoms with Crippen molar-refractivity contribution in [1.82, 2.24) is 20.2 Å². The fourth-order valence-corrected chi connectivity index (χ4v) is 8.38. The van der Waals surface area contributed by atoms with Crippen molar-refractivity contribution in [3.8, 4) is 28.7 Å². The minimum absolute atomic E-state index is 0.0413. The molecule has 14 heteroatoms. The van der Waals surface area contributed by atoms with E-state index in [4.69, 9.17) is 35.3 Å². The summed E-state index contributed by atoms with van der Waals surface area (Å²) >= 11 is 6.38. The number of carbonyl (C=O) groups excluding carboxylic acids is 4. The molecule has 6 rings (SSSR count). The highest BCUT2D eigenvalue weighted by Crippen LogP contribution is 2.41. The quantitative estimate of drug-likeness (QED) is 0.0714. The maximum Gasteiger partial charge on any atom is 0.262 e. The van der Waals surface area contributed by atoms with E-state index in [0.29, 0.717) is 71.8 Å². The van der Waals surface area contributed by atoms with Crippen LogP contribution in [0.2, 0.25) is 5.02 Å². The van der Waals surface area contributed by atoms with Crippen molar-refractivity contribution in [2.45, 2.75) is 79.6 Å². The van der Waals surface area contributed by atoms with Crippen LogP contribution in [0.4, 0.5) is 0 Å². The number of ketones is 1. The third-order valence-electron chi connectivity index (χ3n) is 11.6. The molecule has 346 valence electrons. The number of rotatable bonds is 18. The van der Waals surface area contributed by atoms with Crippen LogP contribution in [0.25, 0.3) is 21.8 Å². The lowest BCUT2D eigenvalue weighted by Gasteiger charge is -2.19. The van der Waals surface area contributed by atoms with Gasteiger partial charge in [-0.25, -0.2) is 0 Å². The Bertz CT molecular complexity index is 2640. The van der Waals surface area contributed by atoms with Crippen LogP contribution in [0.3, 0.4) is 0 Å². The van der Waals surface area contributed by atoms with Crippen LogP contribution in [-0.4, -0.2) is 81.2 Å². The number of aryl methyl sites for hydroxylation is 2. The molecule has 65 heavy (non-hydrogen) atoms. The molecule has 2 heterocycles. The fraction of sp³-hybridized carbons (Fsp3) is 0.373. The number of nitrogens with zero attached hydrogens (tertiary/aromatic N) is 1. The zero-order valence-corrected chi connectivity index (χ0v) is 40.0. The molecule has 0 radical (unpaired) electrons. The van der Waals surface area contributed by atoms with Crippen molar-refractivity contribution in [2.75, 3.05) is 48.1 Å². The summed E-state index contributed by atoms with van der Waals surface area (Å²) in [6.07, 6.45) is 3.83. The van der Waals surface area contributed by atoms with Gasteiger partial charge in [0.1, 0.15) is 34.3 Å². The van der Waals surface area contributed by atoms with Crippen LogP contribution in [0.5, 0.6) is 28.7 Å². The van der Waals surface area contributed by atoms with Gasteiger partial charge in [-0.15, -0.1) is 0 Å². The van der Waals surface area contributed by atoms with Gasteiger partial charge < -0.3 is 39.3 Å². The van der Waals surface area contributed by atoms with Crippen molar-refractivity contribution in [3.05, 3.63) is 111 Å². The monoisotopic (exact) mass is 908 g/mol. The Labute approximate surface area is 386 Å². The second-order valence-corrected chi connectivity index (χ2v) is 16.0. The summed E-state index contributed by atoms with van der Waals surface area (Å²) in [6.45, 7) is 14.8. The first-order chi connectivity index (χ1) is 31.2. The molecule has 0 fully saturated rings. The molecule has 2 aromatic heterocycles. The number of halogens is 1. The normalized spacial score (nSPS) is 11.9. The van der Waals surface area contributed by atoms with Crippen LogP contribution >= 0.6 is 11.6 Å². The number of aromatic nitrogens is 2. The van der Waals surface area contributed by atoms with E-state index in [-0.39, 0.29) is 40.9 Å². The highest BCUT2D eigenvalue weighted by atomic mass is 35.5. The van der Waals surface area contributed by atoms with Crippen molar-refractivity contribution in [3.63, 3.8) is 0 Å². The summed E-state index contributed by atoms with van der Waals surface area (Å²) in [5.74, 6) is 1.87. The van der Waals surface area contributed by atoms with Gasteiger partial charge in [-0.2, -0.15) is 0 Å². The number of methoxy groups -OCH3 is 4. The molecule has 2 unspecified atom stereocenters. The number of benzene rings is 4. The Hall–Kier alpha value is -6.47. The number of nitrogens with one attached hydrogen (secondary N) is 3. The van der Waals surface area contributed by atoms with Gasteiger partial charge in [0.05, 0.1) is 51.3 Å². The van der Waals surface area contributed by atoms with Crippen molar-refractivity contribution < 1.29 is 42.9 Å². The van der Waals surface area contributed by atoms with Crippen LogP contribution in [0.1, 0.15) is 114 Å². The molecule has 0 saturated carbocycles. The molecule has 0 aliphatic rings. The van der Waals surface area contributed by atoms with Crippen molar-refractivity contribution >= 4 is 56.9 Å². The third-order valence-corrected chi connectivity index (χ3v) is 11.9. The maximum atomic E-state index is 14.1. The number of carbonyl (C=O) groups is 4. The van der Waals surface area contributed by atoms with E-state index in [1.165, 1.54) is 35.4 Å². The minimum atomic E-state index is -0.317. The van der Waals surface area contributed by atoms with Gasteiger partial charge >= 0.3 is 0 Å². The second kappa shape index (κ2) is 22.4. The number of hydrogen-bond acceptors (Lipinski definition) is 9. The summed E-state index contributed by atoms with van der Waals surface area (Å²) < 4.78 is 29.3. The molecule has 2 atom stereocenters. The molecule has 0 aliphatic heterocycles. The zero-order valence-electron chi connectivity index (χ0n) is 39.2. The van der Waals surface area contributed by atoms with E-state index in [2.05, 4.69) is 22.5 Å². The van der Waals surface area contributed by atoms with E-state index < -0.39 is 0 Å². The van der Waals surface area contributed by atoms with E-state index in [1.54, 1.807) is 29.7 Å². The van der Waals surface area contributed by atoms with E-state index in [9.17, 15) is 19.2 Å². The van der Waals surface area contributed by atoms with Crippen LogP contribution in [-0.2, 0) is 9.59 Å². The topological polar surface area (TPSA) is 159 Å². The van der Waals surface area contributed by atoms with Crippen LogP contribution in [0, 0.1) is 13.8 Å². The molecule has 4 aromatic carbocycles. The van der Waals surface area contributed by atoms with E-state index in [0.717, 1.165) is 56.3 Å². The van der Waals surface area contributed by atoms with Gasteiger partial charge in [-0.3, -0.25) is 23.7 Å². The van der Waals surface area contributed by atoms with Crippen LogP contribution < -0.4 is 34.3 Å². The summed E-state index contributed by atoms with van der Waals surface area (Å²) in [4.78, 5) is 54.4. The number of fused-ring (bicyclic) bond motifs is 2. The smallest absolute Gasteiger partial charge is 0.262 e. The van der Waals surface area contributed by atoms with Gasteiger partial charge in [-0.05, 0) is 86.2 Å². The van der Waals surface area contributed by atoms with E-state index >= 15 is 0 Å². The Kier molecular flexibility index (Phi) is 17.1. The van der Waals surface area contributed by atoms with Crippen molar-refractivity contribution in [1.29, 1.82) is 0 Å². The predicted molar refractivity (Wildman–Crippen MR) is 256 cm³/mol. The van der Waals surface area contributed by atoms with Gasteiger partial charge in [0, 0.05) is 78.5 Å². The first kappa shape index (κ1) is 49.5. The lowest BCUT2D eigenvalue weighted by molar-refractivity contribution is -0.121. The first-order valence-electron chi connectivity index (χ1n) is 21.8. The van der Waals surface area contributed by atoms with E-state index in [1.807, 2.05) is 76.4 Å². The third kappa shape index (κ3) is 10.9. The molecule has 0 saturated heterocycles. The Morgan fingerprint density at radius 1 is 0.723 bits per heavy atom. The molecule has 2 amide bonds. The summed E-state index contributed by atoms with van der Waals surface area (Å²) in [7, 11) is 6.03. The second-order valence-electron chi connectivity index (χ2n) is 15.6. The maximum absolute atomic E-state index is 14.1. The van der Waals surface area contributed by atoms with Crippen molar-refractivity contribution in [2.24, 2.45) is 0 Å². The number of H-pyrrole nitrogens is 1. The molecular formula is C51H61ClN4O9. The SMILES string of the molecule is CCC(=O)NCC(CC)c1c(C(=O)c2c(OC)cc(OC)cc2OC)[nH]c2cc(Cl)c(OC)cc12.CCOc1ccc2c(c1)c(C(CC)CNC(C)=O)cn2C(=O)c1c(C)cccc1C. The number of amides is 2. The van der Waals surface area contributed by atoms with Gasteiger partial charge in [0.25, 0.3) is 5.91 Å². The molecular weight excluding hydrogens is 848 g/mol. The van der Waals surface area contributed by atoms with Gasteiger partial charge in [0.15, 0.2) is 0 Å². The standard InChI is InChI=1S/C26H31ClN2O6.C25H30N2O3/c1-7-14(13-28-22(30)8-2)23-16-11-19(33-4)17(27)12-18(16)29-25(23)26(31)24-20(34-5)9-15(32-3)10-21(24)35-6;1-6-19(14-26-18(5)28)22-15-27(23-12-11-20(30-7-2)13-21(22)23)25(29)24-16(3)9-8-10-17(24)4/h9-12,14,29H,7-8,13H2,1-6H3,(H,28,30);8-13,15,19H,6-7,14H2,1-5H3,(H,26,28). The molecule has 3 N–H and O–H groups in total. The number of aromatic amines is 1. The summed E-state index contributed by atoms with van der Waals surface area (Å²) in [6, 6.07) is 18.6. The summed E-state index contributed by atoms with van der Waals surface area (Å²) in [5.41, 5.74) is 6.60. The Morgan fingerprint density at radius 3 is 1.91 bits per heavy atom. The highest BCUT2D eigenvalue weighted by molar-refractivity contribution is 6.33. The zero-order chi connectivity index (χ0) is 47.5. The summed E-state index contributed by atoms with van der Waals surface area (Å²) in [5, 5.41) is 8.07. The molecule has 0 spiro atoms. The van der Waals surface area contributed by atoms with Gasteiger partial charge in [-0.1, -0.05) is 50.6 Å². The Balaban J connectivity index is 0.000000247. The van der Waals surface area contributed by atoms with Crippen LogP contribution in [0.15, 0.2) is 66.9 Å². The molecule has 13 nitrogen and oxygen atoms in total. The molecule has 6 aromatic rings. The fourth-order valence-electron chi connectivity index (χ4n) is 8.14.